The van der Waals surface area contributed by atoms with Crippen LogP contribution >= 0.6 is 11.3 Å². The van der Waals surface area contributed by atoms with Crippen molar-refractivity contribution in [3.05, 3.63) is 82.4 Å². The van der Waals surface area contributed by atoms with Crippen molar-refractivity contribution in [2.45, 2.75) is 145 Å². The Labute approximate surface area is 336 Å². The summed E-state index contributed by atoms with van der Waals surface area (Å²) in [5, 5.41) is 13.5. The molecule has 0 fully saturated rings. The maximum absolute atomic E-state index is 11.7. The van der Waals surface area contributed by atoms with Crippen molar-refractivity contribution >= 4 is 48.2 Å². The number of aromatic nitrogens is 2. The Bertz CT molecular complexity index is 2140. The second-order valence-corrected chi connectivity index (χ2v) is 18.4. The molecule has 0 atom stereocenters. The van der Waals surface area contributed by atoms with Gasteiger partial charge in [0.15, 0.2) is 5.78 Å². The van der Waals surface area contributed by atoms with E-state index in [0.717, 1.165) is 47.8 Å². The summed E-state index contributed by atoms with van der Waals surface area (Å²) in [5.74, 6) is 0.547. The van der Waals surface area contributed by atoms with Crippen LogP contribution in [0.1, 0.15) is 143 Å². The second-order valence-electron chi connectivity index (χ2n) is 17.4. The Morgan fingerprint density at radius 1 is 0.887 bits per heavy atom. The van der Waals surface area contributed by atoms with Crippen molar-refractivity contribution in [2.75, 3.05) is 0 Å². The number of fused-ring (bicyclic) bond motifs is 5. The number of aliphatic hydroxyl groups is 1. The van der Waals surface area contributed by atoms with Crippen LogP contribution in [0.5, 0.6) is 0 Å². The van der Waals surface area contributed by atoms with Gasteiger partial charge in [-0.2, -0.15) is 0 Å². The van der Waals surface area contributed by atoms with Crippen LogP contribution in [0.15, 0.2) is 48.5 Å². The average Bonchev–Trinajstić information content (AvgIpc) is 3.49. The van der Waals surface area contributed by atoms with Crippen LogP contribution in [0.25, 0.3) is 42.3 Å². The van der Waals surface area contributed by atoms with Crippen molar-refractivity contribution in [1.82, 2.24) is 9.97 Å². The summed E-state index contributed by atoms with van der Waals surface area (Å²) in [7, 11) is 0. The van der Waals surface area contributed by atoms with Gasteiger partial charge in [-0.05, 0) is 90.9 Å². The first kappa shape index (κ1) is 42.8. The molecule has 0 saturated carbocycles. The average molecular weight is 910 g/mol. The summed E-state index contributed by atoms with van der Waals surface area (Å²) in [6.07, 6.45) is 9.09. The molecule has 1 radical (unpaired) electrons. The van der Waals surface area contributed by atoms with E-state index >= 15 is 0 Å². The molecule has 0 aliphatic heterocycles. The summed E-state index contributed by atoms with van der Waals surface area (Å²) in [4.78, 5) is 21.5. The molecule has 0 bridgehead atoms. The Morgan fingerprint density at radius 3 is 2.02 bits per heavy atom. The molecule has 6 rings (SSSR count). The molecule has 1 N–H and O–H groups in total. The third-order valence-electron chi connectivity index (χ3n) is 11.8. The summed E-state index contributed by atoms with van der Waals surface area (Å²) >= 11 is 1.87. The summed E-state index contributed by atoms with van der Waals surface area (Å²) in [6.45, 7) is 29.3. The minimum atomic E-state index is 0. The Kier molecular flexibility index (Phi) is 13.3. The van der Waals surface area contributed by atoms with Gasteiger partial charge in [0.1, 0.15) is 6.33 Å². The fourth-order valence-corrected chi connectivity index (χ4v) is 9.97. The maximum atomic E-state index is 11.7. The minimum Gasteiger partial charge on any atom is -0.512 e. The number of nitrogens with zero attached hydrogens (tertiary/aromatic N) is 2. The van der Waals surface area contributed by atoms with Crippen LogP contribution in [0.3, 0.4) is 0 Å². The molecule has 4 nitrogen and oxygen atoms in total. The molecule has 53 heavy (non-hydrogen) atoms. The third kappa shape index (κ3) is 8.21. The topological polar surface area (TPSA) is 63.1 Å². The molecular formula is C47H61IrN2O2S-. The third-order valence-corrected chi connectivity index (χ3v) is 13.1. The molecule has 3 aromatic carbocycles. The molecule has 0 spiro atoms. The first-order chi connectivity index (χ1) is 24.4. The number of ketones is 1. The molecule has 5 aromatic rings. The van der Waals surface area contributed by atoms with E-state index < -0.39 is 0 Å². The number of aliphatic hydroxyl groups excluding tert-OH is 1. The van der Waals surface area contributed by atoms with Crippen LogP contribution in [-0.2, 0) is 41.1 Å². The summed E-state index contributed by atoms with van der Waals surface area (Å²) in [5.41, 5.74) is 10.8. The van der Waals surface area contributed by atoms with Gasteiger partial charge < -0.3 is 5.11 Å². The molecule has 2 heterocycles. The fraction of sp³-hybridized carbons (Fsp3) is 0.511. The van der Waals surface area contributed by atoms with Gasteiger partial charge in [0.05, 0.1) is 11.3 Å². The van der Waals surface area contributed by atoms with Crippen molar-refractivity contribution in [1.29, 1.82) is 0 Å². The standard InChI is InChI=1S/C34H37N2S.C13H24O2.Ir/c1-19-25-29-31(37-30(25)20(2)27-26(19)33(6,7)14-15-34(27,8)9)28(35-18-36-29)22-16-21-12-10-11-13-23(21)24(17-22)32(3,4)5;1-5-10(6-2)12(14)9-13(15)11(7-3)8-4;/h10-13,17-18H,14-15H2,1-9H3;9-11,14H,5-8H2,1-4H3;/q-1;;/b;12-9-;. The van der Waals surface area contributed by atoms with Crippen molar-refractivity contribution in [3.8, 4) is 11.3 Å². The number of rotatable bonds is 8. The predicted octanol–water partition coefficient (Wildman–Crippen LogP) is 13.6. The van der Waals surface area contributed by atoms with Gasteiger partial charge in [0.2, 0.25) is 0 Å². The Hall–Kier alpha value is -2.92. The van der Waals surface area contributed by atoms with Gasteiger partial charge in [-0.1, -0.05) is 105 Å². The molecule has 1 aliphatic rings. The number of hydrogen-bond acceptors (Lipinski definition) is 5. The number of carbonyl (C=O) groups excluding carboxylic acids is 1. The number of aryl methyl sites for hydroxylation is 2. The van der Waals surface area contributed by atoms with E-state index in [1.54, 1.807) is 17.5 Å². The van der Waals surface area contributed by atoms with Crippen molar-refractivity contribution in [2.24, 2.45) is 11.8 Å². The molecule has 1 aliphatic carbocycles. The Morgan fingerprint density at radius 2 is 1.45 bits per heavy atom. The predicted molar refractivity (Wildman–Crippen MR) is 224 cm³/mol. The van der Waals surface area contributed by atoms with Crippen LogP contribution in [0.4, 0.5) is 0 Å². The quantitative estimate of drug-likeness (QED) is 0.0957. The number of thiophene rings is 1. The SMILES string of the molecule is CCC(CC)C(=O)/C=C(\O)C(CC)CC.Cc1c2c(c(C)c3c1sc1c(-c4[c-]c5ccccc5c(C(C)(C)C)c4)ncnc13)C(C)(C)CCC2(C)C.[Ir]. The minimum absolute atomic E-state index is 0. The van der Waals surface area contributed by atoms with Crippen LogP contribution in [0, 0.1) is 31.7 Å². The van der Waals surface area contributed by atoms with Gasteiger partial charge in [-0.15, -0.1) is 40.5 Å². The van der Waals surface area contributed by atoms with Gasteiger partial charge in [0.25, 0.3) is 0 Å². The summed E-state index contributed by atoms with van der Waals surface area (Å²) in [6, 6.07) is 14.6. The maximum Gasteiger partial charge on any atom is 0.162 e. The van der Waals surface area contributed by atoms with E-state index in [1.807, 2.05) is 39.0 Å². The largest absolute Gasteiger partial charge is 0.512 e. The number of allylic oxidation sites excluding steroid dienone is 2. The van der Waals surface area contributed by atoms with Gasteiger partial charge in [0, 0.05) is 58.5 Å². The molecule has 0 saturated heterocycles. The van der Waals surface area contributed by atoms with Gasteiger partial charge in [-0.3, -0.25) is 9.78 Å². The normalized spacial score (nSPS) is 15.4. The van der Waals surface area contributed by atoms with Gasteiger partial charge in [-0.25, -0.2) is 4.98 Å². The smallest absolute Gasteiger partial charge is 0.162 e. The zero-order valence-electron chi connectivity index (χ0n) is 34.4. The number of carbonyl (C=O) groups is 1. The zero-order chi connectivity index (χ0) is 38.3. The monoisotopic (exact) mass is 910 g/mol. The number of benzene rings is 3. The molecule has 0 amide bonds. The van der Waals surface area contributed by atoms with E-state index in [4.69, 9.17) is 9.97 Å². The van der Waals surface area contributed by atoms with E-state index in [1.165, 1.54) is 55.8 Å². The van der Waals surface area contributed by atoms with Crippen molar-refractivity contribution < 1.29 is 30.0 Å². The second kappa shape index (κ2) is 16.4. The van der Waals surface area contributed by atoms with E-state index in [0.29, 0.717) is 0 Å². The number of hydrogen-bond donors (Lipinski definition) is 1. The molecule has 287 valence electrons. The first-order valence-electron chi connectivity index (χ1n) is 19.5. The van der Waals surface area contributed by atoms with Crippen LogP contribution in [-0.4, -0.2) is 20.9 Å². The Balaban J connectivity index is 0.000000335. The van der Waals surface area contributed by atoms with Gasteiger partial charge >= 0.3 is 0 Å². The van der Waals surface area contributed by atoms with E-state index in [9.17, 15) is 9.90 Å². The summed E-state index contributed by atoms with van der Waals surface area (Å²) < 4.78 is 2.55. The molecule has 6 heteroatoms. The zero-order valence-corrected chi connectivity index (χ0v) is 37.6. The van der Waals surface area contributed by atoms with E-state index in [-0.39, 0.29) is 59.7 Å². The first-order valence-corrected chi connectivity index (χ1v) is 20.3. The molecular weight excluding hydrogens is 849 g/mol. The van der Waals surface area contributed by atoms with E-state index in [2.05, 4.69) is 98.7 Å². The fourth-order valence-electron chi connectivity index (χ4n) is 8.65. The van der Waals surface area contributed by atoms with Crippen LogP contribution < -0.4 is 0 Å². The van der Waals surface area contributed by atoms with Crippen molar-refractivity contribution in [3.63, 3.8) is 0 Å². The molecule has 2 aromatic heterocycles. The molecule has 0 unspecified atom stereocenters. The van der Waals surface area contributed by atoms with Crippen LogP contribution in [0.2, 0.25) is 0 Å².